The number of hydrogen-bond donors (Lipinski definition) is 0. The van der Waals surface area contributed by atoms with Gasteiger partial charge in [0.05, 0.1) is 10.7 Å². The van der Waals surface area contributed by atoms with E-state index in [4.69, 9.17) is 11.6 Å². The topological polar surface area (TPSA) is 53.5 Å². The van der Waals surface area contributed by atoms with E-state index in [2.05, 4.69) is 4.98 Å². The van der Waals surface area contributed by atoms with E-state index in [1.807, 2.05) is 0 Å². The van der Waals surface area contributed by atoms with Gasteiger partial charge in [-0.3, -0.25) is 4.79 Å². The Balaban J connectivity index is 2.57. The number of likely N-dealkylation sites (N-methyl/N-ethyl adjacent to an activating group) is 1. The van der Waals surface area contributed by atoms with Gasteiger partial charge in [0.2, 0.25) is 0 Å². The van der Waals surface area contributed by atoms with Crippen LogP contribution in [-0.4, -0.2) is 34.4 Å². The van der Waals surface area contributed by atoms with Crippen molar-refractivity contribution in [1.82, 2.24) is 9.88 Å². The van der Waals surface area contributed by atoms with Crippen LogP contribution in [0.4, 0.5) is 10.6 Å². The van der Waals surface area contributed by atoms with E-state index in [1.165, 1.54) is 4.90 Å². The highest BCUT2D eigenvalue weighted by molar-refractivity contribution is 6.31. The van der Waals surface area contributed by atoms with Crippen molar-refractivity contribution in [2.45, 2.75) is 33.2 Å². The number of urea groups is 1. The molecule has 0 aliphatic carbocycles. The molecule has 0 aromatic carbocycles. The molecule has 2 rings (SSSR count). The van der Waals surface area contributed by atoms with Crippen LogP contribution >= 0.6 is 11.6 Å². The number of aryl methyl sites for hydroxylation is 2. The number of nitrogens with zero attached hydrogens (tertiary/aromatic N) is 3. The molecule has 1 aromatic heterocycles. The molecule has 0 bridgehead atoms. The number of carbonyl (C=O) groups excluding carboxylic acids is 2. The molecular formula is C13H16ClN3O2. The Morgan fingerprint density at radius 1 is 1.26 bits per heavy atom. The highest BCUT2D eigenvalue weighted by atomic mass is 35.5. The van der Waals surface area contributed by atoms with E-state index in [-0.39, 0.29) is 11.9 Å². The van der Waals surface area contributed by atoms with Gasteiger partial charge in [0.15, 0.2) is 0 Å². The molecule has 0 spiro atoms. The Morgan fingerprint density at radius 2 is 1.84 bits per heavy atom. The standard InChI is InChI=1S/C13H16ClN3O2/c1-7-6-9(14)8(2)15-10(7)17-11(18)13(3,4)16(5)12(17)19/h6H,1-5H3. The minimum atomic E-state index is -0.862. The van der Waals surface area contributed by atoms with Crippen molar-refractivity contribution in [3.63, 3.8) is 0 Å². The summed E-state index contributed by atoms with van der Waals surface area (Å²) in [5.74, 6) is 0.0756. The van der Waals surface area contributed by atoms with Crippen LogP contribution in [0.1, 0.15) is 25.1 Å². The molecule has 0 atom stereocenters. The third-order valence-corrected chi connectivity index (χ3v) is 3.95. The van der Waals surface area contributed by atoms with Gasteiger partial charge in [0, 0.05) is 7.05 Å². The van der Waals surface area contributed by atoms with E-state index >= 15 is 0 Å². The van der Waals surface area contributed by atoms with Crippen LogP contribution in [0.2, 0.25) is 5.02 Å². The summed E-state index contributed by atoms with van der Waals surface area (Å²) in [5, 5.41) is 0.521. The van der Waals surface area contributed by atoms with Gasteiger partial charge in [-0.15, -0.1) is 0 Å². The zero-order valence-corrected chi connectivity index (χ0v) is 12.4. The van der Waals surface area contributed by atoms with E-state index in [9.17, 15) is 9.59 Å². The summed E-state index contributed by atoms with van der Waals surface area (Å²) in [5.41, 5.74) is 0.428. The summed E-state index contributed by atoms with van der Waals surface area (Å²) >= 11 is 5.99. The molecule has 3 amide bonds. The normalized spacial score (nSPS) is 18.4. The molecule has 1 aliphatic rings. The minimum absolute atomic E-state index is 0.280. The van der Waals surface area contributed by atoms with Crippen molar-refractivity contribution >= 4 is 29.4 Å². The first-order chi connectivity index (χ1) is 8.67. The molecule has 1 saturated heterocycles. The van der Waals surface area contributed by atoms with Crippen LogP contribution in [0.25, 0.3) is 0 Å². The lowest BCUT2D eigenvalue weighted by Crippen LogP contribution is -2.41. The molecule has 19 heavy (non-hydrogen) atoms. The van der Waals surface area contributed by atoms with E-state index in [0.29, 0.717) is 22.1 Å². The monoisotopic (exact) mass is 281 g/mol. The average molecular weight is 282 g/mol. The highest BCUT2D eigenvalue weighted by Crippen LogP contribution is 2.32. The van der Waals surface area contributed by atoms with Gasteiger partial charge in [-0.1, -0.05) is 11.6 Å². The molecule has 0 unspecified atom stereocenters. The Labute approximate surface area is 117 Å². The first-order valence-electron chi connectivity index (χ1n) is 5.94. The summed E-state index contributed by atoms with van der Waals surface area (Å²) in [6, 6.07) is 1.35. The van der Waals surface area contributed by atoms with Gasteiger partial charge >= 0.3 is 6.03 Å². The Kier molecular flexibility index (Phi) is 3.05. The Morgan fingerprint density at radius 3 is 2.32 bits per heavy atom. The molecule has 5 nitrogen and oxygen atoms in total. The lowest BCUT2D eigenvalue weighted by molar-refractivity contribution is -0.123. The second-order valence-corrected chi connectivity index (χ2v) is 5.64. The zero-order chi connectivity index (χ0) is 14.5. The van der Waals surface area contributed by atoms with Gasteiger partial charge in [0.1, 0.15) is 11.4 Å². The molecule has 0 saturated carbocycles. The molecule has 0 N–H and O–H groups in total. The molecule has 2 heterocycles. The summed E-state index contributed by atoms with van der Waals surface area (Å²) in [4.78, 5) is 31.4. The van der Waals surface area contributed by atoms with Crippen molar-refractivity contribution in [2.24, 2.45) is 0 Å². The molecule has 0 radical (unpaired) electrons. The maximum Gasteiger partial charge on any atom is 0.333 e. The third-order valence-electron chi connectivity index (χ3n) is 3.57. The SMILES string of the molecule is Cc1cc(Cl)c(C)nc1N1C(=O)N(C)C(C)(C)C1=O. The molecule has 1 aromatic rings. The number of hydrogen-bond acceptors (Lipinski definition) is 3. The minimum Gasteiger partial charge on any atom is -0.313 e. The van der Waals surface area contributed by atoms with Crippen molar-refractivity contribution in [2.75, 3.05) is 11.9 Å². The van der Waals surface area contributed by atoms with E-state index in [0.717, 1.165) is 4.90 Å². The molecule has 1 fully saturated rings. The second-order valence-electron chi connectivity index (χ2n) is 5.24. The summed E-state index contributed by atoms with van der Waals surface area (Å²) in [6.07, 6.45) is 0. The van der Waals surface area contributed by atoms with Crippen molar-refractivity contribution < 1.29 is 9.59 Å². The number of aromatic nitrogens is 1. The summed E-state index contributed by atoms with van der Waals surface area (Å²) in [7, 11) is 1.61. The summed E-state index contributed by atoms with van der Waals surface area (Å²) < 4.78 is 0. The number of pyridine rings is 1. The van der Waals surface area contributed by atoms with Crippen LogP contribution in [0.15, 0.2) is 6.07 Å². The fourth-order valence-electron chi connectivity index (χ4n) is 1.97. The Bertz CT molecular complexity index is 583. The highest BCUT2D eigenvalue weighted by Gasteiger charge is 2.50. The fraction of sp³-hybridized carbons (Fsp3) is 0.462. The average Bonchev–Trinajstić information content (AvgIpc) is 2.47. The lowest BCUT2D eigenvalue weighted by Gasteiger charge is -2.22. The van der Waals surface area contributed by atoms with Gasteiger partial charge in [-0.05, 0) is 39.3 Å². The zero-order valence-electron chi connectivity index (χ0n) is 11.6. The first kappa shape index (κ1) is 13.8. The molecule has 6 heteroatoms. The predicted molar refractivity (Wildman–Crippen MR) is 73.4 cm³/mol. The first-order valence-corrected chi connectivity index (χ1v) is 6.32. The quantitative estimate of drug-likeness (QED) is 0.743. The fourth-order valence-corrected chi connectivity index (χ4v) is 2.17. The van der Waals surface area contributed by atoms with Crippen LogP contribution in [0.3, 0.4) is 0 Å². The number of amides is 3. The smallest absolute Gasteiger partial charge is 0.313 e. The van der Waals surface area contributed by atoms with Crippen LogP contribution < -0.4 is 4.90 Å². The molecule has 1 aliphatic heterocycles. The Hall–Kier alpha value is -1.62. The van der Waals surface area contributed by atoms with Gasteiger partial charge in [0.25, 0.3) is 5.91 Å². The number of rotatable bonds is 1. The number of halogens is 1. The number of anilines is 1. The lowest BCUT2D eigenvalue weighted by atomic mass is 10.1. The van der Waals surface area contributed by atoms with Crippen LogP contribution in [0, 0.1) is 13.8 Å². The van der Waals surface area contributed by atoms with E-state index in [1.54, 1.807) is 40.8 Å². The molecule has 102 valence electrons. The number of imide groups is 1. The van der Waals surface area contributed by atoms with Gasteiger partial charge < -0.3 is 4.90 Å². The van der Waals surface area contributed by atoms with Crippen LogP contribution in [-0.2, 0) is 4.79 Å². The maximum atomic E-state index is 12.4. The molecular weight excluding hydrogens is 266 g/mol. The van der Waals surface area contributed by atoms with Gasteiger partial charge in [-0.2, -0.15) is 0 Å². The van der Waals surface area contributed by atoms with Crippen molar-refractivity contribution in [1.29, 1.82) is 0 Å². The number of carbonyl (C=O) groups is 2. The van der Waals surface area contributed by atoms with Crippen LogP contribution in [0.5, 0.6) is 0 Å². The second kappa shape index (κ2) is 4.20. The predicted octanol–water partition coefficient (Wildman–Crippen LogP) is 2.53. The third kappa shape index (κ3) is 1.89. The largest absolute Gasteiger partial charge is 0.333 e. The van der Waals surface area contributed by atoms with Crippen molar-refractivity contribution in [3.05, 3.63) is 22.3 Å². The van der Waals surface area contributed by atoms with Gasteiger partial charge in [-0.25, -0.2) is 14.7 Å². The van der Waals surface area contributed by atoms with E-state index < -0.39 is 5.54 Å². The van der Waals surface area contributed by atoms with Crippen molar-refractivity contribution in [3.8, 4) is 0 Å². The maximum absolute atomic E-state index is 12.4. The summed E-state index contributed by atoms with van der Waals surface area (Å²) in [6.45, 7) is 6.95.